The maximum Gasteiger partial charge on any atom is 0.132 e. The molecule has 0 fully saturated rings. The van der Waals surface area contributed by atoms with E-state index in [9.17, 15) is 20.4 Å². The maximum atomic E-state index is 11.2. The van der Waals surface area contributed by atoms with E-state index in [0.29, 0.717) is 16.7 Å². The Bertz CT molecular complexity index is 1140. The van der Waals surface area contributed by atoms with Gasteiger partial charge in [-0.2, -0.15) is 0 Å². The molecule has 4 rings (SSSR count). The van der Waals surface area contributed by atoms with Gasteiger partial charge in [-0.1, -0.05) is 60.7 Å². The third-order valence-corrected chi connectivity index (χ3v) is 4.68. The van der Waals surface area contributed by atoms with Gasteiger partial charge < -0.3 is 20.4 Å². The van der Waals surface area contributed by atoms with Gasteiger partial charge in [0.2, 0.25) is 0 Å². The second-order valence-electron chi connectivity index (χ2n) is 6.48. The fourth-order valence-corrected chi connectivity index (χ4v) is 3.38. The monoisotopic (exact) mass is 370 g/mol. The van der Waals surface area contributed by atoms with Crippen molar-refractivity contribution >= 4 is 0 Å². The number of benzene rings is 4. The normalized spacial score (nSPS) is 10.7. The first-order valence-corrected chi connectivity index (χ1v) is 8.78. The zero-order valence-electron chi connectivity index (χ0n) is 14.9. The van der Waals surface area contributed by atoms with E-state index in [4.69, 9.17) is 0 Å². The topological polar surface area (TPSA) is 80.9 Å². The molecule has 0 aliphatic rings. The SMILES string of the molecule is Oc1ccc(O)c(-c2c(O)cc(-c3ccccc3)c(O)c2-c2ccccc2)c1. The second kappa shape index (κ2) is 7.00. The van der Waals surface area contributed by atoms with Crippen LogP contribution in [0.2, 0.25) is 0 Å². The third kappa shape index (κ3) is 3.01. The van der Waals surface area contributed by atoms with E-state index in [-0.39, 0.29) is 34.1 Å². The Morgan fingerprint density at radius 1 is 0.464 bits per heavy atom. The summed E-state index contributed by atoms with van der Waals surface area (Å²) in [5, 5.41) is 42.3. The molecule has 0 aliphatic heterocycles. The van der Waals surface area contributed by atoms with E-state index in [0.717, 1.165) is 5.56 Å². The lowest BCUT2D eigenvalue weighted by molar-refractivity contribution is 0.457. The van der Waals surface area contributed by atoms with Gasteiger partial charge in [0.05, 0.1) is 0 Å². The predicted molar refractivity (Wildman–Crippen MR) is 109 cm³/mol. The zero-order chi connectivity index (χ0) is 19.7. The average molecular weight is 370 g/mol. The number of rotatable bonds is 3. The molecule has 138 valence electrons. The Labute approximate surface area is 162 Å². The molecule has 0 aliphatic carbocycles. The van der Waals surface area contributed by atoms with Gasteiger partial charge in [-0.05, 0) is 35.4 Å². The van der Waals surface area contributed by atoms with Gasteiger partial charge in [-0.3, -0.25) is 0 Å². The predicted octanol–water partition coefficient (Wildman–Crippen LogP) is 5.51. The summed E-state index contributed by atoms with van der Waals surface area (Å²) in [6.45, 7) is 0. The highest BCUT2D eigenvalue weighted by atomic mass is 16.3. The van der Waals surface area contributed by atoms with Crippen molar-refractivity contribution < 1.29 is 20.4 Å². The summed E-state index contributed by atoms with van der Waals surface area (Å²) in [4.78, 5) is 0. The van der Waals surface area contributed by atoms with Crippen LogP contribution >= 0.6 is 0 Å². The first-order chi connectivity index (χ1) is 13.6. The first-order valence-electron chi connectivity index (χ1n) is 8.78. The van der Waals surface area contributed by atoms with Gasteiger partial charge in [0.15, 0.2) is 0 Å². The minimum atomic E-state index is -0.114. The summed E-state index contributed by atoms with van der Waals surface area (Å²) < 4.78 is 0. The van der Waals surface area contributed by atoms with Crippen molar-refractivity contribution in [1.82, 2.24) is 0 Å². The third-order valence-electron chi connectivity index (χ3n) is 4.68. The van der Waals surface area contributed by atoms with Gasteiger partial charge in [0, 0.05) is 22.3 Å². The molecule has 4 nitrogen and oxygen atoms in total. The van der Waals surface area contributed by atoms with E-state index in [1.807, 2.05) is 60.7 Å². The molecular formula is C24H18O4. The first kappa shape index (κ1) is 17.5. The average Bonchev–Trinajstić information content (AvgIpc) is 2.72. The van der Waals surface area contributed by atoms with Crippen molar-refractivity contribution in [3.63, 3.8) is 0 Å². The standard InChI is InChI=1S/C24H18O4/c25-17-11-12-20(26)19(13-17)23-21(27)14-18(15-7-3-1-4-8-15)24(28)22(23)16-9-5-2-6-10-16/h1-14,25-28H. The summed E-state index contributed by atoms with van der Waals surface area (Å²) in [5.41, 5.74) is 2.74. The maximum absolute atomic E-state index is 11.2. The molecule has 4 N–H and O–H groups in total. The van der Waals surface area contributed by atoms with Gasteiger partial charge in [0.1, 0.15) is 23.0 Å². The molecule has 0 heterocycles. The van der Waals surface area contributed by atoms with E-state index in [1.54, 1.807) is 0 Å². The second-order valence-corrected chi connectivity index (χ2v) is 6.48. The van der Waals surface area contributed by atoms with Crippen molar-refractivity contribution in [2.75, 3.05) is 0 Å². The van der Waals surface area contributed by atoms with Gasteiger partial charge >= 0.3 is 0 Å². The van der Waals surface area contributed by atoms with Gasteiger partial charge in [-0.15, -0.1) is 0 Å². The van der Waals surface area contributed by atoms with Crippen LogP contribution in [0.25, 0.3) is 33.4 Å². The molecule has 0 bridgehead atoms. The molecule has 0 aromatic heterocycles. The number of phenols is 4. The van der Waals surface area contributed by atoms with Crippen LogP contribution in [0.5, 0.6) is 23.0 Å². The van der Waals surface area contributed by atoms with Crippen molar-refractivity contribution in [3.8, 4) is 56.4 Å². The molecular weight excluding hydrogens is 352 g/mol. The Kier molecular flexibility index (Phi) is 4.38. The van der Waals surface area contributed by atoms with E-state index < -0.39 is 0 Å². The zero-order valence-corrected chi connectivity index (χ0v) is 14.9. The van der Waals surface area contributed by atoms with Gasteiger partial charge in [-0.25, -0.2) is 0 Å². The summed E-state index contributed by atoms with van der Waals surface area (Å²) in [5.74, 6) is -0.306. The Morgan fingerprint density at radius 2 is 1.07 bits per heavy atom. The number of hydrogen-bond acceptors (Lipinski definition) is 4. The lowest BCUT2D eigenvalue weighted by Crippen LogP contribution is -1.91. The fraction of sp³-hybridized carbons (Fsp3) is 0. The molecule has 4 heteroatoms. The van der Waals surface area contributed by atoms with Crippen molar-refractivity contribution in [3.05, 3.63) is 84.9 Å². The quantitative estimate of drug-likeness (QED) is 0.359. The molecule has 0 amide bonds. The van der Waals surface area contributed by atoms with Gasteiger partial charge in [0.25, 0.3) is 0 Å². The van der Waals surface area contributed by atoms with Crippen molar-refractivity contribution in [2.24, 2.45) is 0 Å². The molecule has 0 spiro atoms. The lowest BCUT2D eigenvalue weighted by Gasteiger charge is -2.18. The Morgan fingerprint density at radius 3 is 1.71 bits per heavy atom. The minimum Gasteiger partial charge on any atom is -0.508 e. The van der Waals surface area contributed by atoms with E-state index >= 15 is 0 Å². The summed E-state index contributed by atoms with van der Waals surface area (Å²) in [6.07, 6.45) is 0. The van der Waals surface area contributed by atoms with Crippen LogP contribution in [0.1, 0.15) is 0 Å². The Hall–Kier alpha value is -3.92. The summed E-state index contributed by atoms with van der Waals surface area (Å²) in [7, 11) is 0. The number of phenolic OH excluding ortho intramolecular Hbond substituents is 4. The Balaban J connectivity index is 2.09. The lowest BCUT2D eigenvalue weighted by atomic mass is 9.88. The van der Waals surface area contributed by atoms with Crippen LogP contribution in [0.3, 0.4) is 0 Å². The smallest absolute Gasteiger partial charge is 0.132 e. The molecule has 28 heavy (non-hydrogen) atoms. The molecule has 0 saturated heterocycles. The largest absolute Gasteiger partial charge is 0.508 e. The number of aromatic hydroxyl groups is 4. The van der Waals surface area contributed by atoms with Crippen LogP contribution in [0.15, 0.2) is 84.9 Å². The number of hydrogen-bond donors (Lipinski definition) is 4. The van der Waals surface area contributed by atoms with Crippen LogP contribution in [0.4, 0.5) is 0 Å². The van der Waals surface area contributed by atoms with Crippen LogP contribution < -0.4 is 0 Å². The van der Waals surface area contributed by atoms with Crippen molar-refractivity contribution in [1.29, 1.82) is 0 Å². The van der Waals surface area contributed by atoms with Crippen LogP contribution in [-0.2, 0) is 0 Å². The molecule has 0 radical (unpaired) electrons. The highest BCUT2D eigenvalue weighted by Gasteiger charge is 2.23. The summed E-state index contributed by atoms with van der Waals surface area (Å²) >= 11 is 0. The molecule has 4 aromatic carbocycles. The van der Waals surface area contributed by atoms with Crippen LogP contribution in [-0.4, -0.2) is 20.4 Å². The highest BCUT2D eigenvalue weighted by molar-refractivity contribution is 5.97. The van der Waals surface area contributed by atoms with Crippen LogP contribution in [0, 0.1) is 0 Å². The van der Waals surface area contributed by atoms with E-state index in [1.165, 1.54) is 24.3 Å². The molecule has 0 saturated carbocycles. The van der Waals surface area contributed by atoms with Crippen molar-refractivity contribution in [2.45, 2.75) is 0 Å². The molecule has 0 unspecified atom stereocenters. The summed E-state index contributed by atoms with van der Waals surface area (Å²) in [6, 6.07) is 23.9. The molecule has 0 atom stereocenters. The molecule has 4 aromatic rings. The fourth-order valence-electron chi connectivity index (χ4n) is 3.38. The highest BCUT2D eigenvalue weighted by Crippen LogP contribution is 2.51. The minimum absolute atomic E-state index is 0.0204. The van der Waals surface area contributed by atoms with E-state index in [2.05, 4.69) is 0 Å².